The van der Waals surface area contributed by atoms with Crippen LogP contribution in [0.25, 0.3) is 11.3 Å². The Kier molecular flexibility index (Phi) is 5.07. The first kappa shape index (κ1) is 17.3. The average molecular weight is 350 g/mol. The van der Waals surface area contributed by atoms with Gasteiger partial charge in [-0.25, -0.2) is 9.67 Å². The Hall–Kier alpha value is -3.48. The lowest BCUT2D eigenvalue weighted by molar-refractivity contribution is -0.119. The molecular formula is C19H18N4O3. The number of nitrogens with zero attached hydrogens (tertiary/aromatic N) is 3. The first-order valence-electron chi connectivity index (χ1n) is 8.04. The van der Waals surface area contributed by atoms with Crippen LogP contribution in [0, 0.1) is 0 Å². The van der Waals surface area contributed by atoms with Gasteiger partial charge in [-0.1, -0.05) is 6.07 Å². The van der Waals surface area contributed by atoms with Crippen LogP contribution in [0.2, 0.25) is 0 Å². The van der Waals surface area contributed by atoms with Gasteiger partial charge in [0.25, 0.3) is 5.56 Å². The molecule has 1 aromatic carbocycles. The zero-order valence-electron chi connectivity index (χ0n) is 14.4. The molecule has 7 nitrogen and oxygen atoms in total. The molecular weight excluding hydrogens is 332 g/mol. The molecule has 0 fully saturated rings. The molecule has 26 heavy (non-hydrogen) atoms. The van der Waals surface area contributed by atoms with E-state index in [0.717, 1.165) is 16.0 Å². The molecule has 132 valence electrons. The van der Waals surface area contributed by atoms with E-state index in [-0.39, 0.29) is 11.5 Å². The Morgan fingerprint density at radius 2 is 1.88 bits per heavy atom. The maximum absolute atomic E-state index is 12.4. The predicted octanol–water partition coefficient (Wildman–Crippen LogP) is 2.51. The number of aromatic nitrogens is 3. The number of pyridine rings is 1. The molecule has 1 amide bonds. The molecule has 0 aliphatic rings. The summed E-state index contributed by atoms with van der Waals surface area (Å²) >= 11 is 0. The van der Waals surface area contributed by atoms with E-state index in [1.807, 2.05) is 24.3 Å². The number of rotatable bonds is 5. The number of carbonyl (C=O) groups excluding carboxylic acids is 1. The predicted molar refractivity (Wildman–Crippen MR) is 98.1 cm³/mol. The van der Waals surface area contributed by atoms with Crippen molar-refractivity contribution in [1.29, 1.82) is 0 Å². The number of ether oxygens (including phenoxy) is 1. The standard InChI is InChI=1S/C19H18N4O3/c1-13(19(25)21-17-5-3-4-12-20-17)23-18(24)11-10-16(22-23)14-6-8-15(26-2)9-7-14/h3-13H,1-2H3,(H,20,21,25)/t13-/m0/s1. The molecule has 1 N–H and O–H groups in total. The minimum absolute atomic E-state index is 0.356. The quantitative estimate of drug-likeness (QED) is 0.764. The third kappa shape index (κ3) is 3.77. The Bertz CT molecular complexity index is 953. The molecule has 0 bridgehead atoms. The van der Waals surface area contributed by atoms with E-state index in [2.05, 4.69) is 15.4 Å². The minimum Gasteiger partial charge on any atom is -0.497 e. The fourth-order valence-corrected chi connectivity index (χ4v) is 2.40. The summed E-state index contributed by atoms with van der Waals surface area (Å²) in [5, 5.41) is 7.02. The summed E-state index contributed by atoms with van der Waals surface area (Å²) in [5.74, 6) is 0.777. The van der Waals surface area contributed by atoms with Crippen LogP contribution in [0.1, 0.15) is 13.0 Å². The van der Waals surface area contributed by atoms with E-state index in [1.54, 1.807) is 44.5 Å². The largest absolute Gasteiger partial charge is 0.497 e. The summed E-state index contributed by atoms with van der Waals surface area (Å²) in [4.78, 5) is 28.7. The first-order chi connectivity index (χ1) is 12.6. The molecule has 0 saturated heterocycles. The third-order valence-corrected chi connectivity index (χ3v) is 3.87. The van der Waals surface area contributed by atoms with Gasteiger partial charge >= 0.3 is 0 Å². The highest BCUT2D eigenvalue weighted by molar-refractivity contribution is 5.92. The summed E-state index contributed by atoms with van der Waals surface area (Å²) in [6, 6.07) is 14.7. The van der Waals surface area contributed by atoms with Crippen molar-refractivity contribution in [2.45, 2.75) is 13.0 Å². The van der Waals surface area contributed by atoms with Gasteiger partial charge < -0.3 is 10.1 Å². The lowest BCUT2D eigenvalue weighted by Crippen LogP contribution is -2.33. The van der Waals surface area contributed by atoms with Crippen molar-refractivity contribution in [3.8, 4) is 17.0 Å². The number of hydrogen-bond acceptors (Lipinski definition) is 5. The summed E-state index contributed by atoms with van der Waals surface area (Å²) in [6.45, 7) is 1.62. The minimum atomic E-state index is -0.789. The highest BCUT2D eigenvalue weighted by Gasteiger charge is 2.18. The topological polar surface area (TPSA) is 86.1 Å². The first-order valence-corrected chi connectivity index (χ1v) is 8.04. The van der Waals surface area contributed by atoms with Gasteiger partial charge in [-0.3, -0.25) is 9.59 Å². The third-order valence-electron chi connectivity index (χ3n) is 3.87. The molecule has 7 heteroatoms. The molecule has 1 atom stereocenters. The summed E-state index contributed by atoms with van der Waals surface area (Å²) in [5.41, 5.74) is 1.05. The van der Waals surface area contributed by atoms with Crippen LogP contribution in [0.4, 0.5) is 5.82 Å². The number of hydrogen-bond donors (Lipinski definition) is 1. The zero-order chi connectivity index (χ0) is 18.5. The molecule has 0 unspecified atom stereocenters. The van der Waals surface area contributed by atoms with Crippen LogP contribution < -0.4 is 15.6 Å². The molecule has 0 spiro atoms. The number of carbonyl (C=O) groups is 1. The molecule has 0 aliphatic carbocycles. The van der Waals surface area contributed by atoms with E-state index in [1.165, 1.54) is 6.07 Å². The summed E-state index contributed by atoms with van der Waals surface area (Å²) in [6.07, 6.45) is 1.58. The second-order valence-corrected chi connectivity index (χ2v) is 5.61. The van der Waals surface area contributed by atoms with Crippen LogP contribution in [0.3, 0.4) is 0 Å². The summed E-state index contributed by atoms with van der Waals surface area (Å²) < 4.78 is 6.30. The molecule has 0 radical (unpaired) electrons. The Morgan fingerprint density at radius 3 is 2.54 bits per heavy atom. The van der Waals surface area contributed by atoms with Gasteiger partial charge in [0.2, 0.25) is 5.91 Å². The van der Waals surface area contributed by atoms with E-state index < -0.39 is 6.04 Å². The molecule has 2 aromatic heterocycles. The summed E-state index contributed by atoms with van der Waals surface area (Å²) in [7, 11) is 1.59. The number of anilines is 1. The Labute approximate surface area is 150 Å². The van der Waals surface area contributed by atoms with Crippen molar-refractivity contribution in [3.05, 3.63) is 71.1 Å². The van der Waals surface area contributed by atoms with Gasteiger partial charge in [0.05, 0.1) is 12.8 Å². The fraction of sp³-hybridized carbons (Fsp3) is 0.158. The smallest absolute Gasteiger partial charge is 0.267 e. The van der Waals surface area contributed by atoms with Crippen LogP contribution in [0.15, 0.2) is 65.6 Å². The second-order valence-electron chi connectivity index (χ2n) is 5.61. The fourth-order valence-electron chi connectivity index (χ4n) is 2.40. The molecule has 0 saturated carbocycles. The van der Waals surface area contributed by atoms with Crippen LogP contribution in [0.5, 0.6) is 5.75 Å². The lowest BCUT2D eigenvalue weighted by atomic mass is 10.1. The van der Waals surface area contributed by atoms with Gasteiger partial charge in [0.1, 0.15) is 17.6 Å². The van der Waals surface area contributed by atoms with Crippen LogP contribution >= 0.6 is 0 Å². The van der Waals surface area contributed by atoms with E-state index in [4.69, 9.17) is 4.74 Å². The molecule has 3 rings (SSSR count). The monoisotopic (exact) mass is 350 g/mol. The van der Waals surface area contributed by atoms with Crippen molar-refractivity contribution in [3.63, 3.8) is 0 Å². The number of amides is 1. The molecule has 0 aliphatic heterocycles. The highest BCUT2D eigenvalue weighted by atomic mass is 16.5. The highest BCUT2D eigenvalue weighted by Crippen LogP contribution is 2.20. The number of methoxy groups -OCH3 is 1. The Balaban J connectivity index is 1.86. The van der Waals surface area contributed by atoms with Crippen molar-refractivity contribution in [1.82, 2.24) is 14.8 Å². The van der Waals surface area contributed by atoms with Gasteiger partial charge in [-0.15, -0.1) is 0 Å². The zero-order valence-corrected chi connectivity index (χ0v) is 14.4. The van der Waals surface area contributed by atoms with Crippen molar-refractivity contribution in [2.75, 3.05) is 12.4 Å². The number of nitrogens with one attached hydrogen (secondary N) is 1. The van der Waals surface area contributed by atoms with Crippen molar-refractivity contribution in [2.24, 2.45) is 0 Å². The SMILES string of the molecule is COc1ccc(-c2ccc(=O)n([C@@H](C)C(=O)Nc3ccccn3)n2)cc1. The van der Waals surface area contributed by atoms with E-state index >= 15 is 0 Å². The van der Waals surface area contributed by atoms with Gasteiger partial charge in [-0.05, 0) is 49.4 Å². The van der Waals surface area contributed by atoms with Gasteiger partial charge in [0.15, 0.2) is 0 Å². The molecule has 3 aromatic rings. The van der Waals surface area contributed by atoms with Crippen molar-refractivity contribution >= 4 is 11.7 Å². The lowest BCUT2D eigenvalue weighted by Gasteiger charge is -2.14. The van der Waals surface area contributed by atoms with Gasteiger partial charge in [-0.2, -0.15) is 5.10 Å². The molecule has 2 heterocycles. The van der Waals surface area contributed by atoms with Crippen LogP contribution in [-0.4, -0.2) is 27.8 Å². The normalized spacial score (nSPS) is 11.6. The van der Waals surface area contributed by atoms with Gasteiger partial charge in [0, 0.05) is 17.8 Å². The van der Waals surface area contributed by atoms with E-state index in [0.29, 0.717) is 11.5 Å². The van der Waals surface area contributed by atoms with E-state index in [9.17, 15) is 9.59 Å². The Morgan fingerprint density at radius 1 is 1.12 bits per heavy atom. The van der Waals surface area contributed by atoms with Crippen molar-refractivity contribution < 1.29 is 9.53 Å². The second kappa shape index (κ2) is 7.60. The maximum atomic E-state index is 12.4. The van der Waals surface area contributed by atoms with Crippen LogP contribution in [-0.2, 0) is 4.79 Å². The number of benzene rings is 1. The average Bonchev–Trinajstić information content (AvgIpc) is 2.68. The maximum Gasteiger partial charge on any atom is 0.267 e.